The second kappa shape index (κ2) is 6.99. The first kappa shape index (κ1) is 15.1. The van der Waals surface area contributed by atoms with E-state index in [1.807, 2.05) is 66.7 Å². The fraction of sp³-hybridized carbons (Fsp3) is 0.100. The van der Waals surface area contributed by atoms with Crippen LogP contribution >= 0.6 is 0 Å². The molecule has 0 aliphatic rings. The third-order valence-electron chi connectivity index (χ3n) is 3.74. The summed E-state index contributed by atoms with van der Waals surface area (Å²) in [6, 6.07) is 25.3. The van der Waals surface area contributed by atoms with E-state index in [4.69, 9.17) is 16.2 Å². The Morgan fingerprint density at radius 1 is 0.783 bits per heavy atom. The topological polar surface area (TPSA) is 61.3 Å². The molecule has 3 rings (SSSR count). The number of anilines is 1. The van der Waals surface area contributed by atoms with Gasteiger partial charge in [0.2, 0.25) is 0 Å². The summed E-state index contributed by atoms with van der Waals surface area (Å²) in [4.78, 5) is 0. The Kier molecular flexibility index (Phi) is 4.60. The van der Waals surface area contributed by atoms with E-state index < -0.39 is 0 Å². The SMILES string of the molecule is Nc1ccc(Oc2ccccc2)cc1C(N)Cc1ccccc1. The predicted molar refractivity (Wildman–Crippen MR) is 94.4 cm³/mol. The molecule has 0 aliphatic heterocycles. The van der Waals surface area contributed by atoms with Crippen molar-refractivity contribution in [1.29, 1.82) is 0 Å². The molecule has 3 aromatic rings. The van der Waals surface area contributed by atoms with Crippen LogP contribution < -0.4 is 16.2 Å². The van der Waals surface area contributed by atoms with Gasteiger partial charge in [-0.25, -0.2) is 0 Å². The first-order valence-corrected chi connectivity index (χ1v) is 7.64. The van der Waals surface area contributed by atoms with Crippen LogP contribution in [-0.4, -0.2) is 0 Å². The van der Waals surface area contributed by atoms with Crippen LogP contribution in [0.2, 0.25) is 0 Å². The van der Waals surface area contributed by atoms with E-state index in [1.54, 1.807) is 0 Å². The first-order valence-electron chi connectivity index (χ1n) is 7.64. The first-order chi connectivity index (χ1) is 11.2. The number of ether oxygens (including phenoxy) is 1. The van der Waals surface area contributed by atoms with Gasteiger partial charge in [-0.15, -0.1) is 0 Å². The highest BCUT2D eigenvalue weighted by atomic mass is 16.5. The minimum Gasteiger partial charge on any atom is -0.457 e. The molecule has 0 spiro atoms. The van der Waals surface area contributed by atoms with Crippen LogP contribution in [0.3, 0.4) is 0 Å². The van der Waals surface area contributed by atoms with Gasteiger partial charge in [0.1, 0.15) is 11.5 Å². The average molecular weight is 304 g/mol. The van der Waals surface area contributed by atoms with Crippen molar-refractivity contribution in [2.45, 2.75) is 12.5 Å². The fourth-order valence-electron chi connectivity index (χ4n) is 2.54. The predicted octanol–water partition coefficient (Wildman–Crippen LogP) is 4.30. The van der Waals surface area contributed by atoms with E-state index in [0.29, 0.717) is 5.69 Å². The van der Waals surface area contributed by atoms with E-state index in [0.717, 1.165) is 23.5 Å². The van der Waals surface area contributed by atoms with Crippen molar-refractivity contribution in [2.75, 3.05) is 5.73 Å². The Hall–Kier alpha value is -2.78. The van der Waals surface area contributed by atoms with Crippen molar-refractivity contribution < 1.29 is 4.74 Å². The van der Waals surface area contributed by atoms with E-state index >= 15 is 0 Å². The number of nitrogens with two attached hydrogens (primary N) is 2. The van der Waals surface area contributed by atoms with Crippen LogP contribution in [-0.2, 0) is 6.42 Å². The van der Waals surface area contributed by atoms with Gasteiger partial charge in [0.25, 0.3) is 0 Å². The van der Waals surface area contributed by atoms with Crippen LogP contribution in [0, 0.1) is 0 Å². The van der Waals surface area contributed by atoms with Crippen molar-refractivity contribution in [2.24, 2.45) is 5.73 Å². The summed E-state index contributed by atoms with van der Waals surface area (Å²) in [5.74, 6) is 1.53. The highest BCUT2D eigenvalue weighted by molar-refractivity contribution is 5.53. The molecule has 0 aromatic heterocycles. The zero-order chi connectivity index (χ0) is 16.1. The molecule has 0 amide bonds. The highest BCUT2D eigenvalue weighted by Gasteiger charge is 2.12. The molecule has 0 bridgehead atoms. The molecule has 0 saturated heterocycles. The molecule has 4 N–H and O–H groups in total. The number of nitrogen functional groups attached to an aromatic ring is 1. The molecule has 116 valence electrons. The van der Waals surface area contributed by atoms with E-state index in [-0.39, 0.29) is 6.04 Å². The summed E-state index contributed by atoms with van der Waals surface area (Å²) >= 11 is 0. The summed E-state index contributed by atoms with van der Waals surface area (Å²) in [6.07, 6.45) is 0.736. The summed E-state index contributed by atoms with van der Waals surface area (Å²) < 4.78 is 5.86. The monoisotopic (exact) mass is 304 g/mol. The number of rotatable bonds is 5. The maximum atomic E-state index is 6.35. The van der Waals surface area contributed by atoms with Crippen molar-refractivity contribution in [3.05, 3.63) is 90.0 Å². The lowest BCUT2D eigenvalue weighted by Crippen LogP contribution is -2.15. The van der Waals surface area contributed by atoms with Crippen LogP contribution in [0.1, 0.15) is 17.2 Å². The zero-order valence-corrected chi connectivity index (χ0v) is 12.9. The lowest BCUT2D eigenvalue weighted by molar-refractivity contribution is 0.481. The van der Waals surface area contributed by atoms with E-state index in [1.165, 1.54) is 5.56 Å². The largest absolute Gasteiger partial charge is 0.457 e. The van der Waals surface area contributed by atoms with E-state index in [9.17, 15) is 0 Å². The van der Waals surface area contributed by atoms with Gasteiger partial charge < -0.3 is 16.2 Å². The quantitative estimate of drug-likeness (QED) is 0.691. The van der Waals surface area contributed by atoms with Gasteiger partial charge in [-0.05, 0) is 47.9 Å². The van der Waals surface area contributed by atoms with Crippen LogP contribution in [0.15, 0.2) is 78.9 Å². The molecule has 0 saturated carbocycles. The van der Waals surface area contributed by atoms with Crippen molar-refractivity contribution >= 4 is 5.69 Å². The summed E-state index contributed by atoms with van der Waals surface area (Å²) in [5, 5.41) is 0. The third kappa shape index (κ3) is 3.90. The Bertz CT molecular complexity index is 757. The maximum absolute atomic E-state index is 6.35. The minimum absolute atomic E-state index is 0.170. The van der Waals surface area contributed by atoms with Gasteiger partial charge in [-0.1, -0.05) is 48.5 Å². The molecule has 0 heterocycles. The highest BCUT2D eigenvalue weighted by Crippen LogP contribution is 2.29. The van der Waals surface area contributed by atoms with E-state index in [2.05, 4.69) is 12.1 Å². The van der Waals surface area contributed by atoms with Gasteiger partial charge in [0.15, 0.2) is 0 Å². The zero-order valence-electron chi connectivity index (χ0n) is 12.9. The Morgan fingerprint density at radius 2 is 1.43 bits per heavy atom. The normalized spacial score (nSPS) is 11.9. The molecule has 1 atom stereocenters. The van der Waals surface area contributed by atoms with Crippen LogP contribution in [0.25, 0.3) is 0 Å². The molecule has 1 unspecified atom stereocenters. The van der Waals surface area contributed by atoms with Crippen molar-refractivity contribution in [1.82, 2.24) is 0 Å². The van der Waals surface area contributed by atoms with Gasteiger partial charge in [-0.3, -0.25) is 0 Å². The van der Waals surface area contributed by atoms with Gasteiger partial charge in [0.05, 0.1) is 0 Å². The molecule has 3 aromatic carbocycles. The number of hydrogen-bond donors (Lipinski definition) is 2. The number of benzene rings is 3. The standard InChI is InChI=1S/C20H20N2O/c21-19-12-11-17(23-16-9-5-2-6-10-16)14-18(19)20(22)13-15-7-3-1-4-8-15/h1-12,14,20H,13,21-22H2. The number of hydrogen-bond acceptors (Lipinski definition) is 3. The number of para-hydroxylation sites is 1. The summed E-state index contributed by atoms with van der Waals surface area (Å²) in [7, 11) is 0. The second-order valence-corrected chi connectivity index (χ2v) is 5.50. The van der Waals surface area contributed by atoms with Crippen molar-refractivity contribution in [3.8, 4) is 11.5 Å². The average Bonchev–Trinajstić information content (AvgIpc) is 2.58. The molecular weight excluding hydrogens is 284 g/mol. The maximum Gasteiger partial charge on any atom is 0.127 e. The van der Waals surface area contributed by atoms with Crippen molar-refractivity contribution in [3.63, 3.8) is 0 Å². The fourth-order valence-corrected chi connectivity index (χ4v) is 2.54. The molecular formula is C20H20N2O. The second-order valence-electron chi connectivity index (χ2n) is 5.50. The summed E-state index contributed by atoms with van der Waals surface area (Å²) in [6.45, 7) is 0. The van der Waals surface area contributed by atoms with Crippen LogP contribution in [0.4, 0.5) is 5.69 Å². The molecule has 0 fully saturated rings. The molecule has 3 nitrogen and oxygen atoms in total. The van der Waals surface area contributed by atoms with Gasteiger partial charge >= 0.3 is 0 Å². The minimum atomic E-state index is -0.170. The summed E-state index contributed by atoms with van der Waals surface area (Å²) in [5.41, 5.74) is 15.2. The molecule has 23 heavy (non-hydrogen) atoms. The molecule has 0 radical (unpaired) electrons. The Balaban J connectivity index is 1.80. The Labute approximate surface area is 136 Å². The molecule has 0 aliphatic carbocycles. The Morgan fingerprint density at radius 3 is 2.13 bits per heavy atom. The van der Waals surface area contributed by atoms with Crippen LogP contribution in [0.5, 0.6) is 11.5 Å². The smallest absolute Gasteiger partial charge is 0.127 e. The third-order valence-corrected chi connectivity index (χ3v) is 3.74. The lowest BCUT2D eigenvalue weighted by atomic mass is 9.98. The molecule has 3 heteroatoms. The lowest BCUT2D eigenvalue weighted by Gasteiger charge is -2.16. The van der Waals surface area contributed by atoms with Gasteiger partial charge in [-0.2, -0.15) is 0 Å². The van der Waals surface area contributed by atoms with Gasteiger partial charge in [0, 0.05) is 11.7 Å².